The van der Waals surface area contributed by atoms with Crippen molar-refractivity contribution in [3.05, 3.63) is 71.4 Å². The van der Waals surface area contributed by atoms with Gasteiger partial charge in [-0.25, -0.2) is 13.9 Å². The molecule has 4 rings (SSSR count). The van der Waals surface area contributed by atoms with Crippen molar-refractivity contribution in [2.45, 2.75) is 63.7 Å². The van der Waals surface area contributed by atoms with E-state index in [4.69, 9.17) is 9.94 Å². The molecule has 1 aromatic heterocycles. The summed E-state index contributed by atoms with van der Waals surface area (Å²) in [6, 6.07) is 17.0. The van der Waals surface area contributed by atoms with Crippen LogP contribution < -0.4 is 15.5 Å². The van der Waals surface area contributed by atoms with Crippen LogP contribution in [0, 0.1) is 6.92 Å². The number of nitrogens with zero attached hydrogens (tertiary/aromatic N) is 2. The number of piperidine rings is 1. The van der Waals surface area contributed by atoms with E-state index in [-0.39, 0.29) is 18.1 Å². The summed E-state index contributed by atoms with van der Waals surface area (Å²) in [5, 5.41) is 13.3. The number of pyridine rings is 1. The van der Waals surface area contributed by atoms with Gasteiger partial charge in [-0.05, 0) is 82.5 Å². The zero-order valence-electron chi connectivity index (χ0n) is 25.4. The number of fused-ring (bicyclic) bond motifs is 1. The van der Waals surface area contributed by atoms with E-state index in [1.54, 1.807) is 50.5 Å². The lowest BCUT2D eigenvalue weighted by Gasteiger charge is -2.42. The third-order valence-electron chi connectivity index (χ3n) is 8.11. The Bertz CT molecular complexity index is 1540. The number of aryl methyl sites for hydroxylation is 1. The van der Waals surface area contributed by atoms with Crippen LogP contribution in [0.1, 0.15) is 61.6 Å². The largest absolute Gasteiger partial charge is 0.493 e. The topological polar surface area (TPSA) is 138 Å². The number of para-hydroxylation sites is 1. The molecule has 10 nitrogen and oxygen atoms in total. The lowest BCUT2D eigenvalue weighted by molar-refractivity contribution is -0.131. The third-order valence-corrected chi connectivity index (χ3v) is 10.7. The average Bonchev–Trinajstić information content (AvgIpc) is 2.96. The number of amides is 2. The van der Waals surface area contributed by atoms with Gasteiger partial charge < -0.3 is 15.0 Å². The fraction of sp³-hybridized carbons (Fsp3) is 0.469. The summed E-state index contributed by atoms with van der Waals surface area (Å²) in [7, 11) is -3.26. The standard InChI is InChI=1S/C32H42N4O6S/c1-23-21-25(27-7-5-6-8-28(27)33-23)13-19-42-26-11-9-24(10-12-26)30(38)34-32(22-29(37)35-39)14-16-36(17-15-32)18-20-43(40,41)31(2,3)4/h5-12,21,39H,13-20,22H2,1-4H3,(H,34,38)(H,35,37). The minimum absolute atomic E-state index is 0.0419. The number of carbonyl (C=O) groups excluding carboxylic acids is 2. The second-order valence-electron chi connectivity index (χ2n) is 12.3. The maximum absolute atomic E-state index is 13.3. The number of nitrogens with one attached hydrogen (secondary N) is 2. The van der Waals surface area contributed by atoms with Gasteiger partial charge in [0.15, 0.2) is 9.84 Å². The number of hydroxylamine groups is 1. The van der Waals surface area contributed by atoms with Crippen molar-refractivity contribution >= 4 is 32.6 Å². The summed E-state index contributed by atoms with van der Waals surface area (Å²) in [5.41, 5.74) is 4.30. The Balaban J connectivity index is 1.34. The minimum Gasteiger partial charge on any atom is -0.493 e. The highest BCUT2D eigenvalue weighted by Gasteiger charge is 2.39. The molecule has 3 aromatic rings. The summed E-state index contributed by atoms with van der Waals surface area (Å²) in [6.45, 7) is 8.92. The van der Waals surface area contributed by atoms with E-state index in [1.807, 2.05) is 30.0 Å². The summed E-state index contributed by atoms with van der Waals surface area (Å²) in [5.74, 6) is -0.246. The summed E-state index contributed by atoms with van der Waals surface area (Å²) >= 11 is 0. The van der Waals surface area contributed by atoms with Crippen LogP contribution in [-0.4, -0.2) is 77.6 Å². The van der Waals surface area contributed by atoms with Crippen molar-refractivity contribution in [1.82, 2.24) is 20.7 Å². The fourth-order valence-electron chi connectivity index (χ4n) is 5.35. The van der Waals surface area contributed by atoms with E-state index in [0.29, 0.717) is 56.8 Å². The summed E-state index contributed by atoms with van der Waals surface area (Å²) < 4.78 is 30.2. The number of aromatic nitrogens is 1. The van der Waals surface area contributed by atoms with Crippen LogP contribution in [0.4, 0.5) is 0 Å². The van der Waals surface area contributed by atoms with Crippen LogP contribution in [-0.2, 0) is 21.1 Å². The van der Waals surface area contributed by atoms with Crippen molar-refractivity contribution < 1.29 is 28.0 Å². The number of hydrogen-bond acceptors (Lipinski definition) is 8. The first kappa shape index (κ1) is 32.4. The quantitative estimate of drug-likeness (QED) is 0.220. The predicted octanol–water partition coefficient (Wildman–Crippen LogP) is 3.84. The predicted molar refractivity (Wildman–Crippen MR) is 166 cm³/mol. The summed E-state index contributed by atoms with van der Waals surface area (Å²) in [4.78, 5) is 32.0. The minimum atomic E-state index is -3.26. The van der Waals surface area contributed by atoms with Gasteiger partial charge in [-0.15, -0.1) is 0 Å². The third kappa shape index (κ3) is 8.31. The van der Waals surface area contributed by atoms with Crippen LogP contribution in [0.5, 0.6) is 5.75 Å². The van der Waals surface area contributed by atoms with Crippen LogP contribution in [0.25, 0.3) is 10.9 Å². The van der Waals surface area contributed by atoms with Crippen molar-refractivity contribution in [2.24, 2.45) is 0 Å². The van der Waals surface area contributed by atoms with Crippen molar-refractivity contribution in [3.8, 4) is 5.75 Å². The monoisotopic (exact) mass is 610 g/mol. The van der Waals surface area contributed by atoms with Crippen LogP contribution in [0.2, 0.25) is 0 Å². The molecule has 2 aromatic carbocycles. The van der Waals surface area contributed by atoms with E-state index in [0.717, 1.165) is 22.2 Å². The van der Waals surface area contributed by atoms with Gasteiger partial charge in [-0.1, -0.05) is 18.2 Å². The van der Waals surface area contributed by atoms with Crippen LogP contribution in [0.3, 0.4) is 0 Å². The summed E-state index contributed by atoms with van der Waals surface area (Å²) in [6.07, 6.45) is 1.49. The van der Waals surface area contributed by atoms with E-state index in [2.05, 4.69) is 22.4 Å². The highest BCUT2D eigenvalue weighted by Crippen LogP contribution is 2.28. The van der Waals surface area contributed by atoms with Gasteiger partial charge in [0.1, 0.15) is 5.75 Å². The Morgan fingerprint density at radius 3 is 2.40 bits per heavy atom. The van der Waals surface area contributed by atoms with Gasteiger partial charge in [0, 0.05) is 42.7 Å². The average molecular weight is 611 g/mol. The second kappa shape index (κ2) is 13.4. The molecule has 2 amide bonds. The molecule has 0 unspecified atom stereocenters. The van der Waals surface area contributed by atoms with Gasteiger partial charge in [-0.3, -0.25) is 19.8 Å². The number of carbonyl (C=O) groups is 2. The second-order valence-corrected chi connectivity index (χ2v) is 15.1. The van der Waals surface area contributed by atoms with E-state index >= 15 is 0 Å². The van der Waals surface area contributed by atoms with Crippen LogP contribution in [0.15, 0.2) is 54.6 Å². The van der Waals surface area contributed by atoms with E-state index < -0.39 is 26.0 Å². The Kier molecular flexibility index (Phi) is 10.1. The van der Waals surface area contributed by atoms with Gasteiger partial charge in [0.2, 0.25) is 5.91 Å². The molecular formula is C32H42N4O6S. The number of benzene rings is 2. The molecule has 3 N–H and O–H groups in total. The van der Waals surface area contributed by atoms with Gasteiger partial charge >= 0.3 is 0 Å². The maximum Gasteiger partial charge on any atom is 0.251 e. The fourth-order valence-corrected chi connectivity index (χ4v) is 6.46. The first-order valence-electron chi connectivity index (χ1n) is 14.6. The molecule has 11 heteroatoms. The number of sulfone groups is 1. The van der Waals surface area contributed by atoms with E-state index in [9.17, 15) is 18.0 Å². The zero-order valence-corrected chi connectivity index (χ0v) is 26.2. The van der Waals surface area contributed by atoms with Gasteiger partial charge in [0.25, 0.3) is 5.91 Å². The Hall–Kier alpha value is -3.54. The van der Waals surface area contributed by atoms with Crippen molar-refractivity contribution in [1.29, 1.82) is 0 Å². The van der Waals surface area contributed by atoms with Gasteiger partial charge in [0.05, 0.1) is 34.6 Å². The number of ether oxygens (including phenoxy) is 1. The lowest BCUT2D eigenvalue weighted by Crippen LogP contribution is -2.57. The smallest absolute Gasteiger partial charge is 0.251 e. The molecule has 1 aliphatic rings. The molecule has 232 valence electrons. The molecule has 1 fully saturated rings. The molecule has 0 aliphatic carbocycles. The van der Waals surface area contributed by atoms with Crippen molar-refractivity contribution in [3.63, 3.8) is 0 Å². The molecule has 0 bridgehead atoms. The van der Waals surface area contributed by atoms with Crippen LogP contribution >= 0.6 is 0 Å². The number of rotatable bonds is 11. The molecule has 2 heterocycles. The SMILES string of the molecule is Cc1cc(CCOc2ccc(C(=O)NC3(CC(=O)NO)CCN(CCS(=O)(=O)C(C)(C)C)CC3)cc2)c2ccccc2n1. The molecule has 0 radical (unpaired) electrons. The first-order chi connectivity index (χ1) is 20.3. The Morgan fingerprint density at radius 1 is 1.07 bits per heavy atom. The molecule has 43 heavy (non-hydrogen) atoms. The maximum atomic E-state index is 13.3. The van der Waals surface area contributed by atoms with Crippen molar-refractivity contribution in [2.75, 3.05) is 32.0 Å². The Morgan fingerprint density at radius 2 is 1.74 bits per heavy atom. The number of likely N-dealkylation sites (tertiary alicyclic amines) is 1. The van der Waals surface area contributed by atoms with E-state index in [1.165, 1.54) is 0 Å². The molecule has 1 aliphatic heterocycles. The normalized spacial score (nSPS) is 15.7. The molecular weight excluding hydrogens is 568 g/mol. The molecule has 0 saturated carbocycles. The van der Waals surface area contributed by atoms with Gasteiger partial charge in [-0.2, -0.15) is 0 Å². The molecule has 0 atom stereocenters. The first-order valence-corrected chi connectivity index (χ1v) is 16.2. The lowest BCUT2D eigenvalue weighted by atomic mass is 9.83. The highest BCUT2D eigenvalue weighted by atomic mass is 32.2. The number of hydrogen-bond donors (Lipinski definition) is 3. The highest BCUT2D eigenvalue weighted by molar-refractivity contribution is 7.92. The molecule has 0 spiro atoms. The molecule has 1 saturated heterocycles. The Labute approximate surface area is 253 Å². The zero-order chi connectivity index (χ0) is 31.3.